The van der Waals surface area contributed by atoms with Gasteiger partial charge in [-0.3, -0.25) is 4.79 Å². The Morgan fingerprint density at radius 2 is 1.72 bits per heavy atom. The average molecular weight is 459 g/mol. The van der Waals surface area contributed by atoms with Gasteiger partial charge in [-0.25, -0.2) is 4.39 Å². The van der Waals surface area contributed by atoms with E-state index in [2.05, 4.69) is 20.8 Å². The van der Waals surface area contributed by atoms with E-state index in [1.54, 1.807) is 29.2 Å². The molecule has 0 bridgehead atoms. The largest absolute Gasteiger partial charge is 0.484 e. The lowest BCUT2D eigenvalue weighted by atomic mass is 10.2. The van der Waals surface area contributed by atoms with Crippen molar-refractivity contribution in [2.24, 2.45) is 0 Å². The van der Waals surface area contributed by atoms with Gasteiger partial charge in [-0.15, -0.1) is 0 Å². The van der Waals surface area contributed by atoms with E-state index in [1.165, 1.54) is 12.1 Å². The number of hydrogen-bond donors (Lipinski definition) is 0. The number of para-hydroxylation sites is 1. The topological polar surface area (TPSA) is 45.9 Å². The Morgan fingerprint density at radius 3 is 2.45 bits per heavy atom. The van der Waals surface area contributed by atoms with Gasteiger partial charge in [-0.2, -0.15) is 0 Å². The molecule has 2 aromatic carbocycles. The Labute approximate surface area is 176 Å². The number of benzene rings is 2. The highest BCUT2D eigenvalue weighted by molar-refractivity contribution is 9.10. The molecule has 3 aromatic rings. The Morgan fingerprint density at radius 1 is 1.00 bits per heavy atom. The van der Waals surface area contributed by atoms with E-state index in [9.17, 15) is 9.18 Å². The standard InChI is InChI=1S/C22H20BrFN2O3/c23-19-3-1-2-4-20(19)28-15-18-9-10-21(29-18)22(27)26-13-11-25(12-14-26)17-7-5-16(24)6-8-17/h1-10H,11-15H2. The zero-order valence-electron chi connectivity index (χ0n) is 15.7. The second-order valence-electron chi connectivity index (χ2n) is 6.74. The molecule has 29 heavy (non-hydrogen) atoms. The first-order valence-corrected chi connectivity index (χ1v) is 10.2. The van der Waals surface area contributed by atoms with Crippen LogP contribution in [0.2, 0.25) is 0 Å². The first-order valence-electron chi connectivity index (χ1n) is 9.36. The summed E-state index contributed by atoms with van der Waals surface area (Å²) < 4.78 is 25.4. The van der Waals surface area contributed by atoms with Gasteiger partial charge in [-0.1, -0.05) is 12.1 Å². The summed E-state index contributed by atoms with van der Waals surface area (Å²) in [6.45, 7) is 2.79. The molecular formula is C22H20BrFN2O3. The van der Waals surface area contributed by atoms with Crippen LogP contribution in [0.1, 0.15) is 16.3 Å². The number of ether oxygens (including phenoxy) is 1. The van der Waals surface area contributed by atoms with Gasteiger partial charge >= 0.3 is 0 Å². The minimum Gasteiger partial charge on any atom is -0.484 e. The number of rotatable bonds is 5. The quantitative estimate of drug-likeness (QED) is 0.554. The highest BCUT2D eigenvalue weighted by Gasteiger charge is 2.24. The van der Waals surface area contributed by atoms with Crippen molar-refractivity contribution < 1.29 is 18.3 Å². The lowest BCUT2D eigenvalue weighted by molar-refractivity contribution is 0.0710. The molecule has 7 heteroatoms. The van der Waals surface area contributed by atoms with Gasteiger partial charge in [0.25, 0.3) is 5.91 Å². The van der Waals surface area contributed by atoms with E-state index in [4.69, 9.17) is 9.15 Å². The number of carbonyl (C=O) groups is 1. The summed E-state index contributed by atoms with van der Waals surface area (Å²) in [6, 6.07) is 17.4. The van der Waals surface area contributed by atoms with Gasteiger partial charge < -0.3 is 19.0 Å². The first-order chi connectivity index (χ1) is 14.1. The summed E-state index contributed by atoms with van der Waals surface area (Å²) in [5.74, 6) is 1.24. The third-order valence-corrected chi connectivity index (χ3v) is 5.49. The second-order valence-corrected chi connectivity index (χ2v) is 7.60. The van der Waals surface area contributed by atoms with Crippen molar-refractivity contribution in [2.45, 2.75) is 6.61 Å². The molecule has 1 aromatic heterocycles. The number of nitrogens with zero attached hydrogens (tertiary/aromatic N) is 2. The van der Waals surface area contributed by atoms with E-state index < -0.39 is 0 Å². The van der Waals surface area contributed by atoms with Crippen LogP contribution in [0.15, 0.2) is 69.6 Å². The maximum Gasteiger partial charge on any atom is 0.289 e. The zero-order valence-corrected chi connectivity index (χ0v) is 17.3. The van der Waals surface area contributed by atoms with Gasteiger partial charge in [0.05, 0.1) is 4.47 Å². The molecule has 1 fully saturated rings. The van der Waals surface area contributed by atoms with Crippen LogP contribution in [0.3, 0.4) is 0 Å². The van der Waals surface area contributed by atoms with Crippen molar-refractivity contribution in [2.75, 3.05) is 31.1 Å². The van der Waals surface area contributed by atoms with E-state index in [1.807, 2.05) is 24.3 Å². The molecule has 2 heterocycles. The Balaban J connectivity index is 1.32. The van der Waals surface area contributed by atoms with Gasteiger partial charge in [-0.05, 0) is 64.5 Å². The lowest BCUT2D eigenvalue weighted by Gasteiger charge is -2.35. The van der Waals surface area contributed by atoms with Crippen LogP contribution < -0.4 is 9.64 Å². The van der Waals surface area contributed by atoms with Crippen molar-refractivity contribution in [3.05, 3.63) is 82.5 Å². The molecule has 1 amide bonds. The smallest absolute Gasteiger partial charge is 0.289 e. The average Bonchev–Trinajstić information content (AvgIpc) is 3.22. The fraction of sp³-hybridized carbons (Fsp3) is 0.227. The fourth-order valence-corrected chi connectivity index (χ4v) is 3.66. The summed E-state index contributed by atoms with van der Waals surface area (Å²) in [4.78, 5) is 16.7. The maximum atomic E-state index is 13.1. The Hall–Kier alpha value is -2.80. The number of halogens is 2. The first kappa shape index (κ1) is 19.5. The van der Waals surface area contributed by atoms with Crippen LogP contribution in [0, 0.1) is 5.82 Å². The molecule has 0 aliphatic carbocycles. The molecular weight excluding hydrogens is 439 g/mol. The monoisotopic (exact) mass is 458 g/mol. The summed E-state index contributed by atoms with van der Waals surface area (Å²) in [7, 11) is 0. The van der Waals surface area contributed by atoms with Gasteiger partial charge in [0.2, 0.25) is 0 Å². The third-order valence-electron chi connectivity index (χ3n) is 4.84. The molecule has 4 rings (SSSR count). The maximum absolute atomic E-state index is 13.1. The summed E-state index contributed by atoms with van der Waals surface area (Å²) in [5.41, 5.74) is 0.961. The second kappa shape index (κ2) is 8.69. The molecule has 1 aliphatic heterocycles. The van der Waals surface area contributed by atoms with Crippen molar-refractivity contribution in [1.82, 2.24) is 4.90 Å². The fourth-order valence-electron chi connectivity index (χ4n) is 3.26. The predicted octanol–water partition coefficient (Wildman–Crippen LogP) is 4.72. The van der Waals surface area contributed by atoms with E-state index in [0.717, 1.165) is 10.2 Å². The summed E-state index contributed by atoms with van der Waals surface area (Å²) >= 11 is 3.44. The van der Waals surface area contributed by atoms with Crippen molar-refractivity contribution in [3.63, 3.8) is 0 Å². The van der Waals surface area contributed by atoms with Crippen LogP contribution in [0.5, 0.6) is 5.75 Å². The Bertz CT molecular complexity index is 982. The molecule has 0 radical (unpaired) electrons. The molecule has 0 spiro atoms. The molecule has 0 atom stereocenters. The molecule has 0 saturated carbocycles. The number of anilines is 1. The molecule has 0 N–H and O–H groups in total. The van der Waals surface area contributed by atoms with Crippen LogP contribution in [-0.4, -0.2) is 37.0 Å². The molecule has 1 aliphatic rings. The lowest BCUT2D eigenvalue weighted by Crippen LogP contribution is -2.48. The van der Waals surface area contributed by atoms with Crippen molar-refractivity contribution in [3.8, 4) is 5.75 Å². The molecule has 0 unspecified atom stereocenters. The van der Waals surface area contributed by atoms with Gasteiger partial charge in [0.1, 0.15) is 23.9 Å². The minimum absolute atomic E-state index is 0.129. The molecule has 5 nitrogen and oxygen atoms in total. The molecule has 1 saturated heterocycles. The van der Waals surface area contributed by atoms with Crippen LogP contribution in [0.4, 0.5) is 10.1 Å². The number of piperazine rings is 1. The van der Waals surface area contributed by atoms with Crippen LogP contribution >= 0.6 is 15.9 Å². The predicted molar refractivity (Wildman–Crippen MR) is 112 cm³/mol. The SMILES string of the molecule is O=C(c1ccc(COc2ccccc2Br)o1)N1CCN(c2ccc(F)cc2)CC1. The normalized spacial score (nSPS) is 14.1. The number of carbonyl (C=O) groups excluding carboxylic acids is 1. The zero-order chi connectivity index (χ0) is 20.2. The van der Waals surface area contributed by atoms with E-state index in [-0.39, 0.29) is 18.3 Å². The Kier molecular flexibility index (Phi) is 5.85. The van der Waals surface area contributed by atoms with Crippen LogP contribution in [-0.2, 0) is 6.61 Å². The van der Waals surface area contributed by atoms with Crippen LogP contribution in [0.25, 0.3) is 0 Å². The number of furan rings is 1. The van der Waals surface area contributed by atoms with E-state index in [0.29, 0.717) is 43.4 Å². The van der Waals surface area contributed by atoms with Gasteiger partial charge in [0, 0.05) is 31.9 Å². The summed E-state index contributed by atoms with van der Waals surface area (Å²) in [6.07, 6.45) is 0. The highest BCUT2D eigenvalue weighted by Crippen LogP contribution is 2.25. The summed E-state index contributed by atoms with van der Waals surface area (Å²) in [5, 5.41) is 0. The van der Waals surface area contributed by atoms with E-state index >= 15 is 0 Å². The van der Waals surface area contributed by atoms with Gasteiger partial charge in [0.15, 0.2) is 5.76 Å². The number of hydrogen-bond acceptors (Lipinski definition) is 4. The van der Waals surface area contributed by atoms with Crippen molar-refractivity contribution in [1.29, 1.82) is 0 Å². The highest BCUT2D eigenvalue weighted by atomic mass is 79.9. The number of amides is 1. The third kappa shape index (κ3) is 4.62. The molecule has 150 valence electrons. The van der Waals surface area contributed by atoms with Crippen molar-refractivity contribution >= 4 is 27.5 Å². The minimum atomic E-state index is -0.250.